The highest BCUT2D eigenvalue weighted by atomic mass is 32.2. The van der Waals surface area contributed by atoms with Crippen molar-refractivity contribution >= 4 is 10.1 Å². The first-order valence-electron chi connectivity index (χ1n) is 5.32. The highest BCUT2D eigenvalue weighted by Crippen LogP contribution is 2.04. The van der Waals surface area contributed by atoms with Crippen LogP contribution in [0.5, 0.6) is 0 Å². The maximum Gasteiger partial charge on any atom is 0.168 e. The van der Waals surface area contributed by atoms with Crippen LogP contribution in [0.1, 0.15) is 5.56 Å². The van der Waals surface area contributed by atoms with E-state index in [1.807, 2.05) is 24.0 Å². The molecule has 0 saturated carbocycles. The minimum absolute atomic E-state index is 0.185. The molecule has 0 bridgehead atoms. The Labute approximate surface area is 107 Å². The van der Waals surface area contributed by atoms with E-state index < -0.39 is 10.1 Å². The van der Waals surface area contributed by atoms with Gasteiger partial charge in [0.2, 0.25) is 0 Å². The van der Waals surface area contributed by atoms with Gasteiger partial charge in [0, 0.05) is 12.1 Å². The second-order valence-corrected chi connectivity index (χ2v) is 5.19. The molecule has 1 aromatic heterocycles. The highest BCUT2D eigenvalue weighted by molar-refractivity contribution is 7.85. The van der Waals surface area contributed by atoms with Crippen molar-refractivity contribution in [1.29, 1.82) is 0 Å². The fourth-order valence-electron chi connectivity index (χ4n) is 1.16. The lowest BCUT2D eigenvalue weighted by molar-refractivity contribution is -0.671. The molecule has 0 aliphatic carbocycles. The Morgan fingerprint density at radius 1 is 1.00 bits per heavy atom. The van der Waals surface area contributed by atoms with E-state index in [4.69, 9.17) is 0 Å². The fraction of sp³-hybridized carbons (Fsp3) is 0.154. The molecule has 0 N–H and O–H groups in total. The van der Waals surface area contributed by atoms with Gasteiger partial charge in [0.15, 0.2) is 12.4 Å². The number of aromatic nitrogens is 1. The third-order valence-corrected chi connectivity index (χ3v) is 3.03. The number of aryl methyl sites for hydroxylation is 2. The summed E-state index contributed by atoms with van der Waals surface area (Å²) >= 11 is 0. The first-order valence-corrected chi connectivity index (χ1v) is 6.73. The number of hydrogen-bond acceptors (Lipinski definition) is 3. The Bertz CT molecular complexity index is 556. The van der Waals surface area contributed by atoms with E-state index in [0.717, 1.165) is 0 Å². The maximum atomic E-state index is 10.3. The van der Waals surface area contributed by atoms with Crippen LogP contribution in [0.3, 0.4) is 0 Å². The molecule has 0 saturated heterocycles. The predicted molar refractivity (Wildman–Crippen MR) is 66.8 cm³/mol. The molecule has 0 amide bonds. The predicted octanol–water partition coefficient (Wildman–Crippen LogP) is 1.41. The van der Waals surface area contributed by atoms with Crippen LogP contribution in [0.25, 0.3) is 0 Å². The van der Waals surface area contributed by atoms with Gasteiger partial charge in [0.25, 0.3) is 0 Å². The van der Waals surface area contributed by atoms with Gasteiger partial charge >= 0.3 is 0 Å². The second-order valence-electron chi connectivity index (χ2n) is 3.81. The van der Waals surface area contributed by atoms with Gasteiger partial charge in [-0.3, -0.25) is 0 Å². The van der Waals surface area contributed by atoms with Crippen LogP contribution >= 0.6 is 0 Å². The van der Waals surface area contributed by atoms with E-state index in [1.165, 1.54) is 29.8 Å². The van der Waals surface area contributed by atoms with Crippen LogP contribution in [-0.2, 0) is 17.2 Å². The van der Waals surface area contributed by atoms with E-state index in [-0.39, 0.29) is 4.90 Å². The summed E-state index contributed by atoms with van der Waals surface area (Å²) in [5.74, 6) is 0. The first kappa shape index (κ1) is 14.3. The van der Waals surface area contributed by atoms with Crippen molar-refractivity contribution in [3.05, 3.63) is 60.4 Å². The van der Waals surface area contributed by atoms with Crippen LogP contribution in [-0.4, -0.2) is 13.0 Å². The van der Waals surface area contributed by atoms with Gasteiger partial charge in [-0.1, -0.05) is 18.2 Å². The summed E-state index contributed by atoms with van der Waals surface area (Å²) in [5.41, 5.74) is 1.31. The molecular weight excluding hydrogens is 250 g/mol. The number of pyridine rings is 1. The minimum Gasteiger partial charge on any atom is -0.744 e. The van der Waals surface area contributed by atoms with E-state index in [9.17, 15) is 13.0 Å². The molecule has 0 aliphatic heterocycles. The molecular formula is C13H15NO3S. The standard InChI is InChI=1S/C7H10N.C6H6O3S/c1-7-3-5-8(2)6-4-7;7-10(8,9)6-4-2-1-3-5-6/h3-6H,1-2H3;1-5H,(H,7,8,9)/q+1;/p-1. The van der Waals surface area contributed by atoms with Gasteiger partial charge in [-0.2, -0.15) is 0 Å². The van der Waals surface area contributed by atoms with Crippen LogP contribution in [0, 0.1) is 6.92 Å². The van der Waals surface area contributed by atoms with E-state index >= 15 is 0 Å². The number of nitrogens with zero attached hydrogens (tertiary/aromatic N) is 1. The van der Waals surface area contributed by atoms with Crippen molar-refractivity contribution in [3.63, 3.8) is 0 Å². The fourth-order valence-corrected chi connectivity index (χ4v) is 1.65. The summed E-state index contributed by atoms with van der Waals surface area (Å²) < 4.78 is 32.9. The monoisotopic (exact) mass is 265 g/mol. The third-order valence-electron chi connectivity index (χ3n) is 2.18. The molecule has 5 heteroatoms. The van der Waals surface area contributed by atoms with Gasteiger partial charge in [-0.05, 0) is 24.6 Å². The average Bonchev–Trinajstić information content (AvgIpc) is 2.34. The van der Waals surface area contributed by atoms with E-state index in [2.05, 4.69) is 19.1 Å². The lowest BCUT2D eigenvalue weighted by atomic mass is 10.3. The van der Waals surface area contributed by atoms with Crippen LogP contribution < -0.4 is 4.57 Å². The Kier molecular flexibility index (Phi) is 5.00. The SMILES string of the molecule is Cc1cc[n+](C)cc1.O=S(=O)([O-])c1ccccc1. The van der Waals surface area contributed by atoms with Crippen LogP contribution in [0.2, 0.25) is 0 Å². The molecule has 1 aromatic carbocycles. The summed E-state index contributed by atoms with van der Waals surface area (Å²) in [7, 11) is -2.24. The van der Waals surface area contributed by atoms with Gasteiger partial charge in [0.05, 0.1) is 4.90 Å². The lowest BCUT2D eigenvalue weighted by Crippen LogP contribution is -2.25. The van der Waals surface area contributed by atoms with Crippen molar-refractivity contribution in [2.24, 2.45) is 7.05 Å². The number of hydrogen-bond donors (Lipinski definition) is 0. The molecule has 1 heterocycles. The van der Waals surface area contributed by atoms with Crippen molar-refractivity contribution < 1.29 is 17.5 Å². The van der Waals surface area contributed by atoms with Crippen molar-refractivity contribution in [2.75, 3.05) is 0 Å². The summed E-state index contributed by atoms with van der Waals surface area (Å²) in [6, 6.07) is 11.4. The lowest BCUT2D eigenvalue weighted by Gasteiger charge is -2.04. The third kappa shape index (κ3) is 5.07. The molecule has 0 atom stereocenters. The zero-order chi connectivity index (χ0) is 13.6. The zero-order valence-corrected chi connectivity index (χ0v) is 11.1. The molecule has 4 nitrogen and oxygen atoms in total. The molecule has 0 fully saturated rings. The van der Waals surface area contributed by atoms with Gasteiger partial charge in [-0.15, -0.1) is 0 Å². The Morgan fingerprint density at radius 3 is 1.83 bits per heavy atom. The molecule has 2 rings (SSSR count). The molecule has 0 radical (unpaired) electrons. The van der Waals surface area contributed by atoms with Crippen molar-refractivity contribution in [3.8, 4) is 0 Å². The molecule has 96 valence electrons. The molecule has 0 unspecified atom stereocenters. The van der Waals surface area contributed by atoms with Crippen LogP contribution in [0.4, 0.5) is 0 Å². The molecule has 18 heavy (non-hydrogen) atoms. The van der Waals surface area contributed by atoms with Gasteiger partial charge < -0.3 is 4.55 Å². The molecule has 0 spiro atoms. The quantitative estimate of drug-likeness (QED) is 0.578. The van der Waals surface area contributed by atoms with Gasteiger partial charge in [-0.25, -0.2) is 13.0 Å². The average molecular weight is 265 g/mol. The first-order chi connectivity index (χ1) is 8.39. The van der Waals surface area contributed by atoms with E-state index in [1.54, 1.807) is 6.07 Å². The minimum atomic E-state index is -4.25. The summed E-state index contributed by atoms with van der Waals surface area (Å²) in [6.07, 6.45) is 4.07. The van der Waals surface area contributed by atoms with Crippen molar-refractivity contribution in [2.45, 2.75) is 11.8 Å². The topological polar surface area (TPSA) is 61.1 Å². The van der Waals surface area contributed by atoms with E-state index in [0.29, 0.717) is 0 Å². The summed E-state index contributed by atoms with van der Waals surface area (Å²) in [5, 5.41) is 0. The van der Waals surface area contributed by atoms with Gasteiger partial charge in [0.1, 0.15) is 17.2 Å². The normalized spacial score (nSPS) is 10.4. The second kappa shape index (κ2) is 6.28. The Hall–Kier alpha value is -1.72. The maximum absolute atomic E-state index is 10.3. The highest BCUT2D eigenvalue weighted by Gasteiger charge is 1.95. The summed E-state index contributed by atoms with van der Waals surface area (Å²) in [6.45, 7) is 2.08. The zero-order valence-electron chi connectivity index (χ0n) is 10.3. The largest absolute Gasteiger partial charge is 0.744 e. The summed E-state index contributed by atoms with van der Waals surface area (Å²) in [4.78, 5) is -0.185. The number of benzene rings is 1. The molecule has 0 aliphatic rings. The number of rotatable bonds is 1. The Morgan fingerprint density at radius 2 is 1.50 bits per heavy atom. The molecule has 2 aromatic rings. The Balaban J connectivity index is 0.000000184. The van der Waals surface area contributed by atoms with Crippen molar-refractivity contribution in [1.82, 2.24) is 0 Å². The van der Waals surface area contributed by atoms with Crippen LogP contribution in [0.15, 0.2) is 59.8 Å². The smallest absolute Gasteiger partial charge is 0.168 e.